The maximum atomic E-state index is 11.2. The van der Waals surface area contributed by atoms with Gasteiger partial charge in [0.05, 0.1) is 6.33 Å². The van der Waals surface area contributed by atoms with Crippen molar-refractivity contribution in [1.29, 1.82) is 0 Å². The number of fused-ring (bicyclic) bond motifs is 1. The first-order valence-electron chi connectivity index (χ1n) is 7.43. The van der Waals surface area contributed by atoms with E-state index < -0.39 is 6.10 Å². The number of imidazole rings is 1. The summed E-state index contributed by atoms with van der Waals surface area (Å²) in [6.45, 7) is 1.88. The van der Waals surface area contributed by atoms with Crippen LogP contribution in [-0.4, -0.2) is 50.1 Å². The number of carbonyl (C=O) groups excluding carboxylic acids is 1. The molecule has 24 heavy (non-hydrogen) atoms. The summed E-state index contributed by atoms with van der Waals surface area (Å²) in [5.41, 5.74) is 1.87. The molecule has 3 aromatic rings. The van der Waals surface area contributed by atoms with Gasteiger partial charge < -0.3 is 20.1 Å². The molecule has 0 saturated heterocycles. The second-order valence-corrected chi connectivity index (χ2v) is 5.25. The van der Waals surface area contributed by atoms with Crippen molar-refractivity contribution < 1.29 is 14.6 Å². The second kappa shape index (κ2) is 7.05. The standard InChI is InChI=1S/C16H17N5O3/c1-10(22)11-2-4-13(5-3-11)24-7-12(23)6-17-15-14-16(19-8-18-14)21-9-20-15/h2-5,8-9,12,23H,6-7H2,1H3,(H2,17,18,19,20,21). The highest BCUT2D eigenvalue weighted by atomic mass is 16.5. The molecule has 0 radical (unpaired) electrons. The molecule has 0 amide bonds. The summed E-state index contributed by atoms with van der Waals surface area (Å²) in [4.78, 5) is 26.3. The largest absolute Gasteiger partial charge is 0.491 e. The van der Waals surface area contributed by atoms with Crippen LogP contribution < -0.4 is 10.1 Å². The third kappa shape index (κ3) is 3.66. The molecule has 0 aliphatic heterocycles. The van der Waals surface area contributed by atoms with Crippen molar-refractivity contribution in [1.82, 2.24) is 19.9 Å². The SMILES string of the molecule is CC(=O)c1ccc(OCC(O)CNc2ncnc3nc[nH]c23)cc1. The maximum absolute atomic E-state index is 11.2. The molecule has 1 atom stereocenters. The number of rotatable bonds is 7. The maximum Gasteiger partial charge on any atom is 0.182 e. The molecule has 0 spiro atoms. The molecule has 0 bridgehead atoms. The van der Waals surface area contributed by atoms with Gasteiger partial charge in [0.25, 0.3) is 0 Å². The fourth-order valence-corrected chi connectivity index (χ4v) is 2.15. The predicted molar refractivity (Wildman–Crippen MR) is 88.1 cm³/mol. The number of ketones is 1. The Kier molecular flexibility index (Phi) is 4.66. The van der Waals surface area contributed by atoms with Crippen molar-refractivity contribution in [2.75, 3.05) is 18.5 Å². The number of anilines is 1. The van der Waals surface area contributed by atoms with E-state index in [0.29, 0.717) is 28.3 Å². The fraction of sp³-hybridized carbons (Fsp3) is 0.250. The van der Waals surface area contributed by atoms with E-state index in [-0.39, 0.29) is 18.9 Å². The van der Waals surface area contributed by atoms with Gasteiger partial charge in [-0.3, -0.25) is 4.79 Å². The molecular weight excluding hydrogens is 310 g/mol. The van der Waals surface area contributed by atoms with Gasteiger partial charge in [-0.25, -0.2) is 15.0 Å². The summed E-state index contributed by atoms with van der Waals surface area (Å²) in [6, 6.07) is 6.79. The molecule has 2 heterocycles. The van der Waals surface area contributed by atoms with Crippen LogP contribution in [0.4, 0.5) is 5.82 Å². The molecule has 8 heteroatoms. The zero-order chi connectivity index (χ0) is 16.9. The van der Waals surface area contributed by atoms with Crippen LogP contribution in [0, 0.1) is 0 Å². The van der Waals surface area contributed by atoms with E-state index in [1.54, 1.807) is 24.3 Å². The number of aliphatic hydroxyl groups excluding tert-OH is 1. The summed E-state index contributed by atoms with van der Waals surface area (Å²) < 4.78 is 5.51. The Morgan fingerprint density at radius 1 is 1.29 bits per heavy atom. The lowest BCUT2D eigenvalue weighted by atomic mass is 10.1. The minimum Gasteiger partial charge on any atom is -0.491 e. The van der Waals surface area contributed by atoms with Gasteiger partial charge in [0.1, 0.15) is 30.3 Å². The van der Waals surface area contributed by atoms with Gasteiger partial charge in [0.15, 0.2) is 17.2 Å². The number of hydrogen-bond donors (Lipinski definition) is 3. The van der Waals surface area contributed by atoms with Crippen molar-refractivity contribution in [3.05, 3.63) is 42.5 Å². The molecule has 0 aliphatic carbocycles. The van der Waals surface area contributed by atoms with Gasteiger partial charge in [-0.2, -0.15) is 0 Å². The highest BCUT2D eigenvalue weighted by molar-refractivity contribution is 5.94. The molecule has 1 aromatic carbocycles. The lowest BCUT2D eigenvalue weighted by Gasteiger charge is -2.14. The lowest BCUT2D eigenvalue weighted by molar-refractivity contribution is 0.101. The average Bonchev–Trinajstić information content (AvgIpc) is 3.07. The first-order chi connectivity index (χ1) is 11.6. The number of hydrogen-bond acceptors (Lipinski definition) is 7. The van der Waals surface area contributed by atoms with Gasteiger partial charge in [0.2, 0.25) is 0 Å². The predicted octanol–water partition coefficient (Wildman–Crippen LogP) is 1.41. The molecule has 1 unspecified atom stereocenters. The Morgan fingerprint density at radius 3 is 2.83 bits per heavy atom. The van der Waals surface area contributed by atoms with Crippen LogP contribution in [0.1, 0.15) is 17.3 Å². The Balaban J connectivity index is 1.51. The summed E-state index contributed by atoms with van der Waals surface area (Å²) in [6.07, 6.45) is 2.21. The van der Waals surface area contributed by atoms with Crippen molar-refractivity contribution in [2.24, 2.45) is 0 Å². The minimum atomic E-state index is -0.731. The number of aromatic amines is 1. The molecule has 3 N–H and O–H groups in total. The van der Waals surface area contributed by atoms with E-state index in [1.807, 2.05) is 0 Å². The van der Waals surface area contributed by atoms with Crippen molar-refractivity contribution >= 4 is 22.8 Å². The molecule has 0 saturated carbocycles. The Bertz CT molecular complexity index is 831. The summed E-state index contributed by atoms with van der Waals surface area (Å²) in [5.74, 6) is 1.17. The van der Waals surface area contributed by atoms with Crippen molar-refractivity contribution in [3.63, 3.8) is 0 Å². The Morgan fingerprint density at radius 2 is 2.08 bits per heavy atom. The van der Waals surface area contributed by atoms with E-state index in [2.05, 4.69) is 25.3 Å². The van der Waals surface area contributed by atoms with Gasteiger partial charge in [0, 0.05) is 12.1 Å². The number of nitrogens with one attached hydrogen (secondary N) is 2. The number of carbonyl (C=O) groups is 1. The second-order valence-electron chi connectivity index (χ2n) is 5.25. The van der Waals surface area contributed by atoms with Crippen LogP contribution >= 0.6 is 0 Å². The monoisotopic (exact) mass is 327 g/mol. The molecule has 0 fully saturated rings. The smallest absolute Gasteiger partial charge is 0.182 e. The van der Waals surface area contributed by atoms with Gasteiger partial charge >= 0.3 is 0 Å². The quantitative estimate of drug-likeness (QED) is 0.562. The van der Waals surface area contributed by atoms with Gasteiger partial charge in [-0.15, -0.1) is 0 Å². The van der Waals surface area contributed by atoms with Crippen LogP contribution in [0.2, 0.25) is 0 Å². The third-order valence-corrected chi connectivity index (χ3v) is 3.43. The van der Waals surface area contributed by atoms with Crippen LogP contribution in [0.25, 0.3) is 11.2 Å². The third-order valence-electron chi connectivity index (χ3n) is 3.43. The van der Waals surface area contributed by atoms with Gasteiger partial charge in [-0.1, -0.05) is 0 Å². The Labute approximate surface area is 137 Å². The van der Waals surface area contributed by atoms with E-state index in [9.17, 15) is 9.90 Å². The number of aliphatic hydroxyl groups is 1. The normalized spacial score (nSPS) is 12.1. The number of ether oxygens (including phenoxy) is 1. The van der Waals surface area contributed by atoms with Crippen molar-refractivity contribution in [3.8, 4) is 5.75 Å². The first-order valence-corrected chi connectivity index (χ1v) is 7.43. The zero-order valence-electron chi connectivity index (χ0n) is 13.1. The molecule has 8 nitrogen and oxygen atoms in total. The summed E-state index contributed by atoms with van der Waals surface area (Å²) in [7, 11) is 0. The summed E-state index contributed by atoms with van der Waals surface area (Å²) in [5, 5.41) is 13.1. The lowest BCUT2D eigenvalue weighted by Crippen LogP contribution is -2.26. The number of H-pyrrole nitrogens is 1. The Hall–Kier alpha value is -3.00. The number of nitrogens with zero attached hydrogens (tertiary/aromatic N) is 3. The molecular formula is C16H17N5O3. The van der Waals surface area contributed by atoms with Crippen LogP contribution in [0.5, 0.6) is 5.75 Å². The highest BCUT2D eigenvalue weighted by Crippen LogP contribution is 2.15. The summed E-state index contributed by atoms with van der Waals surface area (Å²) >= 11 is 0. The molecule has 3 rings (SSSR count). The topological polar surface area (TPSA) is 113 Å². The van der Waals surface area contributed by atoms with E-state index >= 15 is 0 Å². The zero-order valence-corrected chi connectivity index (χ0v) is 13.1. The van der Waals surface area contributed by atoms with E-state index in [0.717, 1.165) is 0 Å². The van der Waals surface area contributed by atoms with Crippen molar-refractivity contribution in [2.45, 2.75) is 13.0 Å². The highest BCUT2D eigenvalue weighted by Gasteiger charge is 2.09. The van der Waals surface area contributed by atoms with Gasteiger partial charge in [-0.05, 0) is 31.2 Å². The molecule has 124 valence electrons. The van der Waals surface area contributed by atoms with E-state index in [4.69, 9.17) is 4.74 Å². The first kappa shape index (κ1) is 15.9. The molecule has 0 aliphatic rings. The minimum absolute atomic E-state index is 0.000701. The average molecular weight is 327 g/mol. The fourth-order valence-electron chi connectivity index (χ4n) is 2.15. The van der Waals surface area contributed by atoms with Crippen LogP contribution in [-0.2, 0) is 0 Å². The van der Waals surface area contributed by atoms with Crippen LogP contribution in [0.3, 0.4) is 0 Å². The van der Waals surface area contributed by atoms with E-state index in [1.165, 1.54) is 19.6 Å². The number of benzene rings is 1. The van der Waals surface area contributed by atoms with Crippen LogP contribution in [0.15, 0.2) is 36.9 Å². The number of Topliss-reactive ketones (excluding diaryl/α,β-unsaturated/α-hetero) is 1. The number of aromatic nitrogens is 4. The molecule has 2 aromatic heterocycles.